The molecule has 1 aliphatic rings. The number of anilines is 2. The summed E-state index contributed by atoms with van der Waals surface area (Å²) in [5.74, 6) is -0.0727. The molecule has 0 bridgehead atoms. The lowest BCUT2D eigenvalue weighted by Gasteiger charge is -2.36. The van der Waals surface area contributed by atoms with Crippen molar-refractivity contribution in [2.45, 2.75) is 20.8 Å². The van der Waals surface area contributed by atoms with Gasteiger partial charge in [-0.1, -0.05) is 44.5 Å². The van der Waals surface area contributed by atoms with Gasteiger partial charge in [-0.25, -0.2) is 0 Å². The molecule has 0 radical (unpaired) electrons. The minimum Gasteiger partial charge on any atom is -0.379 e. The number of nitro groups is 1. The van der Waals surface area contributed by atoms with E-state index in [4.69, 9.17) is 11.6 Å². The van der Waals surface area contributed by atoms with Crippen molar-refractivity contribution in [3.05, 3.63) is 63.2 Å². The van der Waals surface area contributed by atoms with Gasteiger partial charge < -0.3 is 15.1 Å². The fraction of sp³-hybridized carbons (Fsp3) is 0.409. The minimum atomic E-state index is -0.366. The van der Waals surface area contributed by atoms with Crippen molar-refractivity contribution in [3.63, 3.8) is 0 Å². The van der Waals surface area contributed by atoms with Crippen molar-refractivity contribution in [1.82, 2.24) is 4.90 Å². The number of nitro benzene ring substituents is 1. The fourth-order valence-electron chi connectivity index (χ4n) is 3.35. The summed E-state index contributed by atoms with van der Waals surface area (Å²) in [6.45, 7) is 9.26. The van der Waals surface area contributed by atoms with Gasteiger partial charge in [0.25, 0.3) is 11.6 Å². The minimum absolute atomic E-state index is 0.00538. The molecule has 30 heavy (non-hydrogen) atoms. The van der Waals surface area contributed by atoms with Crippen molar-refractivity contribution in [3.8, 4) is 0 Å². The van der Waals surface area contributed by atoms with Crippen LogP contribution >= 0.6 is 11.6 Å². The number of amides is 1. The van der Waals surface area contributed by atoms with Crippen LogP contribution in [0.3, 0.4) is 0 Å². The molecule has 1 amide bonds. The fourth-order valence-corrected chi connectivity index (χ4v) is 3.57. The molecule has 1 heterocycles. The summed E-state index contributed by atoms with van der Waals surface area (Å²) < 4.78 is 0. The topological polar surface area (TPSA) is 78.7 Å². The molecule has 1 fully saturated rings. The molecule has 3 rings (SSSR count). The molecule has 2 aromatic rings. The van der Waals surface area contributed by atoms with Crippen molar-refractivity contribution in [2.75, 3.05) is 42.9 Å². The van der Waals surface area contributed by atoms with Crippen LogP contribution < -0.4 is 10.2 Å². The average Bonchev–Trinajstić information content (AvgIpc) is 2.71. The number of carbonyl (C=O) groups is 1. The van der Waals surface area contributed by atoms with Crippen LogP contribution in [0.5, 0.6) is 0 Å². The van der Waals surface area contributed by atoms with E-state index in [2.05, 4.69) is 31.0 Å². The zero-order valence-corrected chi connectivity index (χ0v) is 18.3. The van der Waals surface area contributed by atoms with E-state index in [1.165, 1.54) is 0 Å². The Morgan fingerprint density at radius 2 is 1.80 bits per heavy atom. The molecule has 1 N–H and O–H groups in total. The van der Waals surface area contributed by atoms with Crippen molar-refractivity contribution >= 4 is 34.6 Å². The van der Waals surface area contributed by atoms with Crippen molar-refractivity contribution < 1.29 is 9.72 Å². The second-order valence-corrected chi connectivity index (χ2v) is 9.04. The van der Waals surface area contributed by atoms with E-state index >= 15 is 0 Å². The smallest absolute Gasteiger partial charge is 0.292 e. The number of benzene rings is 2. The van der Waals surface area contributed by atoms with Crippen LogP contribution in [0.4, 0.5) is 17.1 Å². The largest absolute Gasteiger partial charge is 0.379 e. The first-order chi connectivity index (χ1) is 14.2. The summed E-state index contributed by atoms with van der Waals surface area (Å²) in [7, 11) is 0. The van der Waals surface area contributed by atoms with E-state index in [0.29, 0.717) is 49.0 Å². The average molecular weight is 431 g/mol. The van der Waals surface area contributed by atoms with Gasteiger partial charge in [-0.3, -0.25) is 14.9 Å². The quantitative estimate of drug-likeness (QED) is 0.550. The Morgan fingerprint density at radius 1 is 1.13 bits per heavy atom. The third-order valence-electron chi connectivity index (χ3n) is 5.02. The van der Waals surface area contributed by atoms with Crippen LogP contribution in [0.2, 0.25) is 5.02 Å². The van der Waals surface area contributed by atoms with Gasteiger partial charge in [0.2, 0.25) is 0 Å². The van der Waals surface area contributed by atoms with Crippen LogP contribution in [0.1, 0.15) is 31.1 Å². The number of rotatable bonds is 5. The highest BCUT2D eigenvalue weighted by atomic mass is 35.5. The first kappa shape index (κ1) is 21.9. The van der Waals surface area contributed by atoms with E-state index < -0.39 is 0 Å². The van der Waals surface area contributed by atoms with Crippen molar-refractivity contribution in [1.29, 1.82) is 0 Å². The molecule has 0 unspecified atom stereocenters. The van der Waals surface area contributed by atoms with Crippen molar-refractivity contribution in [2.24, 2.45) is 5.41 Å². The highest BCUT2D eigenvalue weighted by Crippen LogP contribution is 2.31. The summed E-state index contributed by atoms with van der Waals surface area (Å²) in [4.78, 5) is 27.7. The molecule has 0 aliphatic carbocycles. The Morgan fingerprint density at radius 3 is 2.40 bits per heavy atom. The number of halogens is 1. The lowest BCUT2D eigenvalue weighted by Crippen LogP contribution is -2.48. The lowest BCUT2D eigenvalue weighted by molar-refractivity contribution is -0.384. The Labute approximate surface area is 181 Å². The van der Waals surface area contributed by atoms with Gasteiger partial charge in [-0.2, -0.15) is 0 Å². The van der Waals surface area contributed by atoms with E-state index in [1.807, 2.05) is 6.07 Å². The van der Waals surface area contributed by atoms with Gasteiger partial charge in [0, 0.05) is 44.5 Å². The normalized spacial score (nSPS) is 14.5. The van der Waals surface area contributed by atoms with Gasteiger partial charge in [0.15, 0.2) is 0 Å². The molecule has 160 valence electrons. The summed E-state index contributed by atoms with van der Waals surface area (Å²) in [6.07, 6.45) is 0. The van der Waals surface area contributed by atoms with Crippen LogP contribution in [-0.4, -0.2) is 48.5 Å². The second kappa shape index (κ2) is 8.92. The summed E-state index contributed by atoms with van der Waals surface area (Å²) in [5.41, 5.74) is 1.99. The molecular weight excluding hydrogens is 404 g/mol. The Kier molecular flexibility index (Phi) is 6.51. The zero-order valence-electron chi connectivity index (χ0n) is 17.5. The standard InChI is InChI=1S/C22H27ClN4O3/c1-22(2,3)15-24-19-14-16(8-9-20(19)27(29)30)25-10-12-26(13-11-25)21(28)17-6-4-5-7-18(17)23/h4-9,14,24H,10-13,15H2,1-3H3. The Hall–Kier alpha value is -2.80. The van der Waals surface area contributed by atoms with E-state index in [-0.39, 0.29) is 21.9 Å². The number of piperazine rings is 1. The molecule has 0 saturated carbocycles. The van der Waals surface area contributed by atoms with Crippen LogP contribution in [0.25, 0.3) is 0 Å². The maximum absolute atomic E-state index is 12.8. The zero-order chi connectivity index (χ0) is 21.9. The van der Waals surface area contributed by atoms with E-state index in [1.54, 1.807) is 41.3 Å². The predicted octanol–water partition coefficient (Wildman–Crippen LogP) is 4.67. The Balaban J connectivity index is 1.71. The molecule has 0 atom stereocenters. The molecular formula is C22H27ClN4O3. The molecule has 2 aromatic carbocycles. The molecule has 1 saturated heterocycles. The molecule has 0 spiro atoms. The second-order valence-electron chi connectivity index (χ2n) is 8.63. The third-order valence-corrected chi connectivity index (χ3v) is 5.35. The van der Waals surface area contributed by atoms with Gasteiger partial charge in [0.1, 0.15) is 5.69 Å². The summed E-state index contributed by atoms with van der Waals surface area (Å²) in [6, 6.07) is 12.2. The first-order valence-electron chi connectivity index (χ1n) is 9.97. The number of hydrogen-bond donors (Lipinski definition) is 1. The third kappa shape index (κ3) is 5.21. The van der Waals surface area contributed by atoms with Gasteiger partial charge >= 0.3 is 0 Å². The number of nitrogens with zero attached hydrogens (tertiary/aromatic N) is 3. The van der Waals surface area contributed by atoms with Crippen LogP contribution in [-0.2, 0) is 0 Å². The van der Waals surface area contributed by atoms with Crippen LogP contribution in [0.15, 0.2) is 42.5 Å². The number of carbonyl (C=O) groups excluding carboxylic acids is 1. The highest BCUT2D eigenvalue weighted by molar-refractivity contribution is 6.33. The maximum atomic E-state index is 12.8. The van der Waals surface area contributed by atoms with E-state index in [0.717, 1.165) is 5.69 Å². The monoisotopic (exact) mass is 430 g/mol. The van der Waals surface area contributed by atoms with Gasteiger partial charge in [-0.05, 0) is 29.7 Å². The lowest BCUT2D eigenvalue weighted by atomic mass is 9.97. The molecule has 0 aromatic heterocycles. The van der Waals surface area contributed by atoms with Crippen LogP contribution in [0, 0.1) is 15.5 Å². The Bertz CT molecular complexity index is 934. The van der Waals surface area contributed by atoms with Gasteiger partial charge in [0.05, 0.1) is 15.5 Å². The van der Waals surface area contributed by atoms with Gasteiger partial charge in [-0.15, -0.1) is 0 Å². The summed E-state index contributed by atoms with van der Waals surface area (Å²) >= 11 is 6.16. The molecule has 7 nitrogen and oxygen atoms in total. The highest BCUT2D eigenvalue weighted by Gasteiger charge is 2.25. The molecule has 1 aliphatic heterocycles. The number of hydrogen-bond acceptors (Lipinski definition) is 5. The number of nitrogens with one attached hydrogen (secondary N) is 1. The first-order valence-corrected chi connectivity index (χ1v) is 10.3. The van der Waals surface area contributed by atoms with E-state index in [9.17, 15) is 14.9 Å². The molecule has 8 heteroatoms. The summed E-state index contributed by atoms with van der Waals surface area (Å²) in [5, 5.41) is 15.1. The SMILES string of the molecule is CC(C)(C)CNc1cc(N2CCN(C(=O)c3ccccc3Cl)CC2)ccc1[N+](=O)[O-]. The predicted molar refractivity (Wildman–Crippen MR) is 121 cm³/mol. The maximum Gasteiger partial charge on any atom is 0.292 e.